The van der Waals surface area contributed by atoms with Crippen molar-refractivity contribution in [1.29, 1.82) is 0 Å². The lowest BCUT2D eigenvalue weighted by Crippen LogP contribution is -2.31. The summed E-state index contributed by atoms with van der Waals surface area (Å²) in [7, 11) is 2.59. The monoisotopic (exact) mass is 555 g/mol. The van der Waals surface area contributed by atoms with E-state index in [-0.39, 0.29) is 52.0 Å². The molecule has 0 saturated carbocycles. The van der Waals surface area contributed by atoms with E-state index in [1.54, 1.807) is 6.20 Å². The molecule has 1 aliphatic heterocycles. The van der Waals surface area contributed by atoms with Crippen molar-refractivity contribution in [1.82, 2.24) is 15.0 Å². The molecule has 1 fully saturated rings. The van der Waals surface area contributed by atoms with E-state index in [2.05, 4.69) is 48.0 Å². The predicted octanol–water partition coefficient (Wildman–Crippen LogP) is 5.41. The van der Waals surface area contributed by atoms with Crippen molar-refractivity contribution >= 4 is 28.5 Å². The molecule has 40 heavy (non-hydrogen) atoms. The molecule has 1 aliphatic rings. The summed E-state index contributed by atoms with van der Waals surface area (Å²) in [5, 5.41) is 7.17. The molecule has 0 radical (unpaired) electrons. The van der Waals surface area contributed by atoms with Crippen molar-refractivity contribution in [2.75, 3.05) is 38.1 Å². The van der Waals surface area contributed by atoms with Crippen LogP contribution in [0.2, 0.25) is 0 Å². The van der Waals surface area contributed by atoms with Gasteiger partial charge in [-0.1, -0.05) is 27.4 Å². The van der Waals surface area contributed by atoms with Crippen LogP contribution in [0.1, 0.15) is 34.1 Å². The zero-order chi connectivity index (χ0) is 29.2. The third-order valence-electron chi connectivity index (χ3n) is 7.25. The second-order valence-electron chi connectivity index (χ2n) is 10.9. The number of methoxy groups -OCH3 is 2. The molecule has 9 nitrogen and oxygen atoms in total. The number of halogens is 2. The lowest BCUT2D eigenvalue weighted by molar-refractivity contribution is -0.115. The molecule has 0 spiro atoms. The molecule has 214 valence electrons. The number of ether oxygens (including phenoxy) is 3. The van der Waals surface area contributed by atoms with Crippen LogP contribution in [0.5, 0.6) is 11.5 Å². The van der Waals surface area contributed by atoms with Crippen molar-refractivity contribution in [3.63, 3.8) is 0 Å². The van der Waals surface area contributed by atoms with E-state index >= 15 is 8.78 Å². The van der Waals surface area contributed by atoms with E-state index in [1.165, 1.54) is 26.4 Å². The second-order valence-corrected chi connectivity index (χ2v) is 10.9. The summed E-state index contributed by atoms with van der Waals surface area (Å²) in [6, 6.07) is 2.42. The van der Waals surface area contributed by atoms with Crippen molar-refractivity contribution in [3.8, 4) is 22.8 Å². The molecule has 0 unspecified atom stereocenters. The standard InChI is InChI=1S/C29H35F2N5O4/c1-8-18(37)9-17-13-40-14-20(17)35-28-32-12-16-10-19(23-24(30)21(38-6)11-22(39-7)25(23)31)34-27(26(16)36-28)33-15(2)29(3,4)5/h8,10-12,15,17,20H,1,9,13-14H2,2-7H3,(H,33,34)(H,32,35,36)/t15-,17-,20+/m0/s1. The number of rotatable bonds is 10. The first-order chi connectivity index (χ1) is 19.0. The first-order valence-electron chi connectivity index (χ1n) is 13.0. The number of benzene rings is 1. The van der Waals surface area contributed by atoms with Crippen molar-refractivity contribution in [2.24, 2.45) is 11.3 Å². The number of fused-ring (bicyclic) bond motifs is 1. The fourth-order valence-electron chi connectivity index (χ4n) is 4.34. The smallest absolute Gasteiger partial charge is 0.223 e. The Morgan fingerprint density at radius 2 is 1.85 bits per heavy atom. The number of pyridine rings is 1. The molecule has 2 N–H and O–H groups in total. The number of hydrogen-bond donors (Lipinski definition) is 2. The SMILES string of the molecule is C=CC(=O)C[C@H]1COC[C@H]1Nc1ncc2cc(-c3c(F)c(OC)cc(OC)c3F)nc(N[C@@H](C)C(C)(C)C)c2n1. The van der Waals surface area contributed by atoms with E-state index in [0.717, 1.165) is 6.07 Å². The van der Waals surface area contributed by atoms with E-state index in [0.29, 0.717) is 42.3 Å². The normalized spacial score (nSPS) is 17.9. The molecule has 3 atom stereocenters. The van der Waals surface area contributed by atoms with Crippen LogP contribution in [0, 0.1) is 23.0 Å². The maximum Gasteiger partial charge on any atom is 0.223 e. The fraction of sp³-hybridized carbons (Fsp3) is 0.448. The zero-order valence-electron chi connectivity index (χ0n) is 23.6. The Balaban J connectivity index is 1.82. The third kappa shape index (κ3) is 5.99. The Labute approximate surface area is 232 Å². The van der Waals surface area contributed by atoms with Crippen LogP contribution in [0.15, 0.2) is 31.0 Å². The summed E-state index contributed by atoms with van der Waals surface area (Å²) in [5.74, 6) is -1.61. The Bertz CT molecular complexity index is 1400. The van der Waals surface area contributed by atoms with Crippen molar-refractivity contribution in [3.05, 3.63) is 42.6 Å². The van der Waals surface area contributed by atoms with Crippen LogP contribution in [-0.4, -0.2) is 60.3 Å². The highest BCUT2D eigenvalue weighted by atomic mass is 19.1. The third-order valence-corrected chi connectivity index (χ3v) is 7.25. The molecule has 3 heterocycles. The van der Waals surface area contributed by atoms with Gasteiger partial charge in [-0.25, -0.2) is 23.7 Å². The highest BCUT2D eigenvalue weighted by molar-refractivity contribution is 5.92. The van der Waals surface area contributed by atoms with Crippen molar-refractivity contribution in [2.45, 2.75) is 46.2 Å². The lowest BCUT2D eigenvalue weighted by Gasteiger charge is -2.29. The van der Waals surface area contributed by atoms with Gasteiger partial charge in [-0.15, -0.1) is 0 Å². The predicted molar refractivity (Wildman–Crippen MR) is 150 cm³/mol. The maximum absolute atomic E-state index is 15.4. The van der Waals surface area contributed by atoms with Crippen LogP contribution in [-0.2, 0) is 9.53 Å². The lowest BCUT2D eigenvalue weighted by atomic mass is 9.88. The molecule has 1 saturated heterocycles. The summed E-state index contributed by atoms with van der Waals surface area (Å²) in [6.07, 6.45) is 3.18. The number of allylic oxidation sites excluding steroid dienone is 1. The minimum Gasteiger partial charge on any atom is -0.494 e. The molecule has 3 aromatic rings. The minimum absolute atomic E-state index is 0.0276. The average molecular weight is 556 g/mol. The van der Waals surface area contributed by atoms with Crippen LogP contribution in [0.25, 0.3) is 22.2 Å². The largest absolute Gasteiger partial charge is 0.494 e. The highest BCUT2D eigenvalue weighted by Crippen LogP contribution is 2.39. The molecule has 0 amide bonds. The first kappa shape index (κ1) is 29.1. The summed E-state index contributed by atoms with van der Waals surface area (Å²) >= 11 is 0. The Morgan fingerprint density at radius 3 is 2.45 bits per heavy atom. The Morgan fingerprint density at radius 1 is 1.18 bits per heavy atom. The summed E-state index contributed by atoms with van der Waals surface area (Å²) < 4.78 is 46.6. The number of ketones is 1. The molecule has 4 rings (SSSR count). The van der Waals surface area contributed by atoms with Crippen molar-refractivity contribution < 1.29 is 27.8 Å². The van der Waals surface area contributed by atoms with Gasteiger partial charge in [0, 0.05) is 36.0 Å². The number of hydrogen-bond acceptors (Lipinski definition) is 9. The van der Waals surface area contributed by atoms with E-state index in [9.17, 15) is 4.79 Å². The Hall–Kier alpha value is -3.86. The number of nitrogens with one attached hydrogen (secondary N) is 2. The van der Waals surface area contributed by atoms with Gasteiger partial charge >= 0.3 is 0 Å². The number of anilines is 2. The molecule has 0 bridgehead atoms. The van der Waals surface area contributed by atoms with Gasteiger partial charge < -0.3 is 24.8 Å². The first-order valence-corrected chi connectivity index (χ1v) is 13.0. The quantitative estimate of drug-likeness (QED) is 0.318. The van der Waals surface area contributed by atoms with Crippen LogP contribution in [0.4, 0.5) is 20.5 Å². The topological polar surface area (TPSA) is 107 Å². The average Bonchev–Trinajstić information content (AvgIpc) is 3.34. The van der Waals surface area contributed by atoms with E-state index in [4.69, 9.17) is 19.2 Å². The number of nitrogens with zero attached hydrogens (tertiary/aromatic N) is 3. The van der Waals surface area contributed by atoms with Gasteiger partial charge in [-0.05, 0) is 24.5 Å². The fourth-order valence-corrected chi connectivity index (χ4v) is 4.34. The summed E-state index contributed by atoms with van der Waals surface area (Å²) in [4.78, 5) is 25.7. The van der Waals surface area contributed by atoms with Gasteiger partial charge in [0.15, 0.2) is 34.7 Å². The molecule has 2 aromatic heterocycles. The Kier molecular flexibility index (Phi) is 8.53. The number of carbonyl (C=O) groups excluding carboxylic acids is 1. The van der Waals surface area contributed by atoms with E-state index in [1.807, 2.05) is 6.92 Å². The zero-order valence-corrected chi connectivity index (χ0v) is 23.6. The highest BCUT2D eigenvalue weighted by Gasteiger charge is 2.31. The van der Waals surface area contributed by atoms with Gasteiger partial charge in [-0.3, -0.25) is 4.79 Å². The van der Waals surface area contributed by atoms with Gasteiger partial charge in [0.1, 0.15) is 5.52 Å². The van der Waals surface area contributed by atoms with Crippen LogP contribution >= 0.6 is 0 Å². The van der Waals surface area contributed by atoms with Gasteiger partial charge in [0.2, 0.25) is 5.95 Å². The van der Waals surface area contributed by atoms with Crippen LogP contribution in [0.3, 0.4) is 0 Å². The molecule has 11 heteroatoms. The van der Waals surface area contributed by atoms with Gasteiger partial charge in [0.25, 0.3) is 0 Å². The molecular formula is C29H35F2N5O4. The van der Waals surface area contributed by atoms with E-state index < -0.39 is 11.6 Å². The summed E-state index contributed by atoms with van der Waals surface area (Å²) in [5.41, 5.74) is -0.0602. The maximum atomic E-state index is 15.4. The minimum atomic E-state index is -0.900. The summed E-state index contributed by atoms with van der Waals surface area (Å²) in [6.45, 7) is 12.6. The number of carbonyl (C=O) groups is 1. The molecule has 1 aromatic carbocycles. The molecular weight excluding hydrogens is 520 g/mol. The number of aromatic nitrogens is 3. The van der Waals surface area contributed by atoms with Gasteiger partial charge in [0.05, 0.1) is 44.7 Å². The second kappa shape index (κ2) is 11.7. The molecule has 0 aliphatic carbocycles. The van der Waals surface area contributed by atoms with Crippen LogP contribution < -0.4 is 20.1 Å². The van der Waals surface area contributed by atoms with Gasteiger partial charge in [-0.2, -0.15) is 0 Å².